The van der Waals surface area contributed by atoms with Crippen LogP contribution in [0, 0.1) is 5.82 Å². The minimum Gasteiger partial charge on any atom is -0.378 e. The quantitative estimate of drug-likeness (QED) is 0.774. The summed E-state index contributed by atoms with van der Waals surface area (Å²) in [6.45, 7) is 2.92. The molecule has 8 heteroatoms. The summed E-state index contributed by atoms with van der Waals surface area (Å²) in [6, 6.07) is 14.4. The van der Waals surface area contributed by atoms with Gasteiger partial charge in [-0.15, -0.1) is 0 Å². The van der Waals surface area contributed by atoms with Gasteiger partial charge in [-0.3, -0.25) is 9.59 Å². The second kappa shape index (κ2) is 9.70. The molecule has 31 heavy (non-hydrogen) atoms. The van der Waals surface area contributed by atoms with E-state index >= 15 is 0 Å². The smallest absolute Gasteiger partial charge is 0.243 e. The van der Waals surface area contributed by atoms with Crippen molar-refractivity contribution in [2.45, 2.75) is 19.3 Å². The fourth-order valence-corrected chi connectivity index (χ4v) is 3.69. The van der Waals surface area contributed by atoms with E-state index in [2.05, 4.69) is 10.4 Å². The Labute approximate surface area is 180 Å². The Kier molecular flexibility index (Phi) is 6.57. The zero-order valence-electron chi connectivity index (χ0n) is 17.2. The van der Waals surface area contributed by atoms with Gasteiger partial charge in [0.25, 0.3) is 0 Å². The Hall–Kier alpha value is -3.26. The van der Waals surface area contributed by atoms with Crippen LogP contribution in [0.5, 0.6) is 0 Å². The molecule has 4 rings (SSSR count). The number of hydrogen-bond donors (Lipinski definition) is 1. The molecule has 1 N–H and O–H groups in total. The summed E-state index contributed by atoms with van der Waals surface area (Å²) in [7, 11) is 0. The van der Waals surface area contributed by atoms with Crippen LogP contribution in [0.4, 0.5) is 15.8 Å². The number of amides is 2. The third-order valence-electron chi connectivity index (χ3n) is 5.35. The molecule has 2 aromatic rings. The number of ether oxygens (including phenoxy) is 1. The predicted molar refractivity (Wildman–Crippen MR) is 117 cm³/mol. The lowest BCUT2D eigenvalue weighted by Gasteiger charge is -2.29. The summed E-state index contributed by atoms with van der Waals surface area (Å²) < 4.78 is 19.8. The van der Waals surface area contributed by atoms with E-state index in [9.17, 15) is 14.0 Å². The highest BCUT2D eigenvalue weighted by atomic mass is 19.1. The average molecular weight is 424 g/mol. The van der Waals surface area contributed by atoms with Gasteiger partial charge in [0.1, 0.15) is 5.82 Å². The molecule has 0 aromatic heterocycles. The molecule has 7 nitrogen and oxygen atoms in total. The van der Waals surface area contributed by atoms with Crippen molar-refractivity contribution in [3.8, 4) is 0 Å². The number of carbonyl (C=O) groups is 2. The first-order chi connectivity index (χ1) is 15.1. The summed E-state index contributed by atoms with van der Waals surface area (Å²) >= 11 is 0. The number of morpholine rings is 1. The molecular formula is C23H25FN4O3. The van der Waals surface area contributed by atoms with E-state index in [0.29, 0.717) is 50.6 Å². The first-order valence-corrected chi connectivity index (χ1v) is 10.5. The minimum absolute atomic E-state index is 0.0123. The summed E-state index contributed by atoms with van der Waals surface area (Å²) in [5.74, 6) is -0.927. The molecule has 2 aromatic carbocycles. The lowest BCUT2D eigenvalue weighted by molar-refractivity contribution is -0.132. The van der Waals surface area contributed by atoms with Crippen molar-refractivity contribution in [2.75, 3.05) is 43.1 Å². The standard InChI is InChI=1S/C23H25FN4O3/c24-19-16-18(6-7-21(19)27-12-14-31-15-13-27)25-22(29)8-9-23(30)28-11-10-20(26-28)17-4-2-1-3-5-17/h1-7,16H,8-15H2,(H,25,29). The Morgan fingerprint density at radius 1 is 1.03 bits per heavy atom. The molecule has 0 aliphatic carbocycles. The summed E-state index contributed by atoms with van der Waals surface area (Å²) in [6.07, 6.45) is 0.751. The van der Waals surface area contributed by atoms with E-state index < -0.39 is 5.82 Å². The molecule has 0 saturated carbocycles. The Morgan fingerprint density at radius 3 is 2.55 bits per heavy atom. The SMILES string of the molecule is O=C(CCC(=O)N1CCC(c2ccccc2)=N1)Nc1ccc(N2CCOCC2)c(F)c1. The molecule has 0 radical (unpaired) electrons. The molecule has 2 aliphatic heterocycles. The number of hydrogen-bond acceptors (Lipinski definition) is 5. The highest BCUT2D eigenvalue weighted by Gasteiger charge is 2.22. The van der Waals surface area contributed by atoms with Gasteiger partial charge in [0.2, 0.25) is 11.8 Å². The summed E-state index contributed by atoms with van der Waals surface area (Å²) in [5.41, 5.74) is 2.74. The predicted octanol–water partition coefficient (Wildman–Crippen LogP) is 3.02. The van der Waals surface area contributed by atoms with Gasteiger partial charge >= 0.3 is 0 Å². The molecule has 0 atom stereocenters. The van der Waals surface area contributed by atoms with Gasteiger partial charge in [-0.1, -0.05) is 30.3 Å². The van der Waals surface area contributed by atoms with Crippen molar-refractivity contribution in [3.05, 3.63) is 59.9 Å². The average Bonchev–Trinajstić information content (AvgIpc) is 3.29. The third kappa shape index (κ3) is 5.27. The molecular weight excluding hydrogens is 399 g/mol. The topological polar surface area (TPSA) is 74.2 Å². The van der Waals surface area contributed by atoms with Crippen molar-refractivity contribution in [2.24, 2.45) is 5.10 Å². The van der Waals surface area contributed by atoms with Crippen LogP contribution in [-0.4, -0.2) is 55.4 Å². The van der Waals surface area contributed by atoms with Crippen LogP contribution in [0.2, 0.25) is 0 Å². The second-order valence-corrected chi connectivity index (χ2v) is 7.49. The molecule has 2 amide bonds. The molecule has 0 unspecified atom stereocenters. The maximum Gasteiger partial charge on any atom is 0.243 e. The van der Waals surface area contributed by atoms with Gasteiger partial charge in [-0.25, -0.2) is 9.40 Å². The van der Waals surface area contributed by atoms with Crippen LogP contribution in [0.25, 0.3) is 0 Å². The number of benzene rings is 2. The highest BCUT2D eigenvalue weighted by molar-refractivity contribution is 6.02. The molecule has 1 fully saturated rings. The van der Waals surface area contributed by atoms with Crippen molar-refractivity contribution < 1.29 is 18.7 Å². The van der Waals surface area contributed by atoms with E-state index in [1.165, 1.54) is 11.1 Å². The van der Waals surface area contributed by atoms with Gasteiger partial charge in [0.15, 0.2) is 0 Å². The van der Waals surface area contributed by atoms with Crippen LogP contribution in [0.3, 0.4) is 0 Å². The fraction of sp³-hybridized carbons (Fsp3) is 0.348. The first-order valence-electron chi connectivity index (χ1n) is 10.5. The van der Waals surface area contributed by atoms with E-state index in [0.717, 1.165) is 11.3 Å². The number of rotatable bonds is 6. The zero-order chi connectivity index (χ0) is 21.6. The van der Waals surface area contributed by atoms with Crippen molar-refractivity contribution >= 4 is 28.9 Å². The van der Waals surface area contributed by atoms with Gasteiger partial charge < -0.3 is 15.0 Å². The van der Waals surface area contributed by atoms with Crippen molar-refractivity contribution in [1.29, 1.82) is 0 Å². The molecule has 0 spiro atoms. The molecule has 2 heterocycles. The monoisotopic (exact) mass is 424 g/mol. The number of hydrazone groups is 1. The van der Waals surface area contributed by atoms with Crippen LogP contribution in [0.1, 0.15) is 24.8 Å². The maximum absolute atomic E-state index is 14.5. The van der Waals surface area contributed by atoms with Crippen LogP contribution in [-0.2, 0) is 14.3 Å². The Bertz CT molecular complexity index is 974. The van der Waals surface area contributed by atoms with E-state index in [-0.39, 0.29) is 24.7 Å². The van der Waals surface area contributed by atoms with Crippen LogP contribution >= 0.6 is 0 Å². The molecule has 2 aliphatic rings. The number of nitrogens with one attached hydrogen (secondary N) is 1. The summed E-state index contributed by atoms with van der Waals surface area (Å²) in [5, 5.41) is 8.48. The summed E-state index contributed by atoms with van der Waals surface area (Å²) in [4.78, 5) is 26.6. The van der Waals surface area contributed by atoms with E-state index in [1.807, 2.05) is 35.2 Å². The fourth-order valence-electron chi connectivity index (χ4n) is 3.69. The number of halogens is 1. The number of nitrogens with zero attached hydrogens (tertiary/aromatic N) is 3. The molecule has 0 bridgehead atoms. The normalized spacial score (nSPS) is 16.2. The molecule has 1 saturated heterocycles. The highest BCUT2D eigenvalue weighted by Crippen LogP contribution is 2.24. The van der Waals surface area contributed by atoms with Crippen molar-refractivity contribution in [1.82, 2.24) is 5.01 Å². The Morgan fingerprint density at radius 2 is 1.81 bits per heavy atom. The lowest BCUT2D eigenvalue weighted by atomic mass is 10.1. The zero-order valence-corrected chi connectivity index (χ0v) is 17.2. The lowest BCUT2D eigenvalue weighted by Crippen LogP contribution is -2.36. The number of carbonyl (C=O) groups excluding carboxylic acids is 2. The largest absolute Gasteiger partial charge is 0.378 e. The second-order valence-electron chi connectivity index (χ2n) is 7.49. The van der Waals surface area contributed by atoms with Gasteiger partial charge in [0, 0.05) is 38.0 Å². The van der Waals surface area contributed by atoms with Gasteiger partial charge in [0.05, 0.1) is 31.2 Å². The minimum atomic E-state index is -0.393. The van der Waals surface area contributed by atoms with E-state index in [4.69, 9.17) is 4.74 Å². The first kappa shape index (κ1) is 21.0. The van der Waals surface area contributed by atoms with Crippen molar-refractivity contribution in [3.63, 3.8) is 0 Å². The van der Waals surface area contributed by atoms with Crippen LogP contribution in [0.15, 0.2) is 53.6 Å². The van der Waals surface area contributed by atoms with E-state index in [1.54, 1.807) is 12.1 Å². The molecule has 162 valence electrons. The van der Waals surface area contributed by atoms with Crippen LogP contribution < -0.4 is 10.2 Å². The third-order valence-corrected chi connectivity index (χ3v) is 5.35. The van der Waals surface area contributed by atoms with Gasteiger partial charge in [-0.2, -0.15) is 5.10 Å². The Balaban J connectivity index is 1.28. The number of anilines is 2. The maximum atomic E-state index is 14.5. The van der Waals surface area contributed by atoms with Gasteiger partial charge in [-0.05, 0) is 23.8 Å².